The molecule has 2 rings (SSSR count). The first-order valence-electron chi connectivity index (χ1n) is 5.71. The maximum absolute atomic E-state index is 5.94. The van der Waals surface area contributed by atoms with Gasteiger partial charge in [-0.2, -0.15) is 0 Å². The van der Waals surface area contributed by atoms with E-state index in [-0.39, 0.29) is 0 Å². The largest absolute Gasteiger partial charge is 0.364 e. The van der Waals surface area contributed by atoms with E-state index in [0.29, 0.717) is 17.0 Å². The second kappa shape index (κ2) is 5.46. The first-order valence-corrected chi connectivity index (χ1v) is 6.09. The van der Waals surface area contributed by atoms with Crippen LogP contribution in [0.4, 0.5) is 5.82 Å². The second-order valence-electron chi connectivity index (χ2n) is 4.25. The van der Waals surface area contributed by atoms with Crippen molar-refractivity contribution < 1.29 is 0 Å². The molecule has 0 bridgehead atoms. The number of hydrogen-bond donors (Lipinski definition) is 1. The zero-order chi connectivity index (χ0) is 11.4. The topological polar surface area (TPSA) is 41.0 Å². The number of likely N-dealkylation sites (tertiary alicyclic amines) is 1. The van der Waals surface area contributed by atoms with E-state index >= 15 is 0 Å². The van der Waals surface area contributed by atoms with Crippen molar-refractivity contribution in [3.63, 3.8) is 0 Å². The maximum atomic E-state index is 5.94. The van der Waals surface area contributed by atoms with Gasteiger partial charge in [-0.05, 0) is 32.9 Å². The number of nitrogens with zero attached hydrogens (tertiary/aromatic N) is 3. The fourth-order valence-corrected chi connectivity index (χ4v) is 2.21. The van der Waals surface area contributed by atoms with E-state index in [1.165, 1.54) is 25.9 Å². The first kappa shape index (κ1) is 11.6. The molecule has 16 heavy (non-hydrogen) atoms. The Kier molecular flexibility index (Phi) is 3.96. The van der Waals surface area contributed by atoms with Crippen molar-refractivity contribution in [2.45, 2.75) is 25.8 Å². The molecule has 0 radical (unpaired) electrons. The van der Waals surface area contributed by atoms with Gasteiger partial charge < -0.3 is 10.2 Å². The van der Waals surface area contributed by atoms with Crippen LogP contribution in [0.2, 0.25) is 5.15 Å². The molecule has 1 N–H and O–H groups in total. The molecule has 1 aromatic rings. The van der Waals surface area contributed by atoms with Gasteiger partial charge in [-0.1, -0.05) is 11.6 Å². The highest BCUT2D eigenvalue weighted by atomic mass is 35.5. The summed E-state index contributed by atoms with van der Waals surface area (Å²) < 4.78 is 0. The molecule has 1 aliphatic heterocycles. The molecule has 5 heteroatoms. The molecule has 0 aromatic carbocycles. The number of aromatic nitrogens is 2. The van der Waals surface area contributed by atoms with Gasteiger partial charge in [0.2, 0.25) is 0 Å². The number of halogens is 1. The van der Waals surface area contributed by atoms with E-state index in [2.05, 4.69) is 27.1 Å². The SMILES string of the molecule is CC(CN1CCCC1)Nc1nccnc1Cl. The Balaban J connectivity index is 1.86. The third-order valence-electron chi connectivity index (χ3n) is 2.77. The van der Waals surface area contributed by atoms with Gasteiger partial charge in [0, 0.05) is 25.0 Å². The van der Waals surface area contributed by atoms with Crippen LogP contribution in [0, 0.1) is 0 Å². The Bertz CT molecular complexity index is 339. The fourth-order valence-electron chi connectivity index (χ4n) is 2.05. The molecule has 1 fully saturated rings. The average molecular weight is 241 g/mol. The molecule has 1 aliphatic rings. The van der Waals surface area contributed by atoms with E-state index in [4.69, 9.17) is 11.6 Å². The highest BCUT2D eigenvalue weighted by Crippen LogP contribution is 2.16. The lowest BCUT2D eigenvalue weighted by atomic mass is 10.3. The fraction of sp³-hybridized carbons (Fsp3) is 0.636. The van der Waals surface area contributed by atoms with Gasteiger partial charge in [-0.25, -0.2) is 9.97 Å². The minimum atomic E-state index is 0.340. The quantitative estimate of drug-likeness (QED) is 0.875. The molecule has 0 spiro atoms. The molecular weight excluding hydrogens is 224 g/mol. The van der Waals surface area contributed by atoms with Crippen molar-refractivity contribution in [2.75, 3.05) is 25.0 Å². The molecule has 4 nitrogen and oxygen atoms in total. The molecule has 1 aromatic heterocycles. The summed E-state index contributed by atoms with van der Waals surface area (Å²) in [6, 6.07) is 0.340. The smallest absolute Gasteiger partial charge is 0.171 e. The Labute approximate surface area is 101 Å². The second-order valence-corrected chi connectivity index (χ2v) is 4.61. The molecule has 1 unspecified atom stereocenters. The summed E-state index contributed by atoms with van der Waals surface area (Å²) in [5, 5.41) is 3.73. The van der Waals surface area contributed by atoms with Gasteiger partial charge in [0.05, 0.1) is 0 Å². The van der Waals surface area contributed by atoms with Crippen molar-refractivity contribution in [3.05, 3.63) is 17.5 Å². The van der Waals surface area contributed by atoms with Crippen LogP contribution in [-0.4, -0.2) is 40.5 Å². The third kappa shape index (κ3) is 3.06. The Morgan fingerprint density at radius 1 is 1.38 bits per heavy atom. The lowest BCUT2D eigenvalue weighted by Crippen LogP contribution is -2.33. The first-order chi connectivity index (χ1) is 7.75. The van der Waals surface area contributed by atoms with Crippen molar-refractivity contribution in [1.29, 1.82) is 0 Å². The zero-order valence-corrected chi connectivity index (χ0v) is 10.2. The van der Waals surface area contributed by atoms with E-state index in [1.807, 2.05) is 0 Å². The molecule has 0 saturated carbocycles. The lowest BCUT2D eigenvalue weighted by molar-refractivity contribution is 0.327. The number of anilines is 1. The van der Waals surface area contributed by atoms with E-state index in [1.54, 1.807) is 12.4 Å². The normalized spacial score (nSPS) is 18.6. The Hall–Kier alpha value is -0.870. The third-order valence-corrected chi connectivity index (χ3v) is 3.04. The molecule has 1 saturated heterocycles. The number of nitrogens with one attached hydrogen (secondary N) is 1. The summed E-state index contributed by atoms with van der Waals surface area (Å²) >= 11 is 5.94. The Morgan fingerprint density at radius 3 is 2.75 bits per heavy atom. The molecular formula is C11H17ClN4. The monoisotopic (exact) mass is 240 g/mol. The number of rotatable bonds is 4. The number of hydrogen-bond acceptors (Lipinski definition) is 4. The summed E-state index contributed by atoms with van der Waals surface area (Å²) in [5.41, 5.74) is 0. The van der Waals surface area contributed by atoms with Crippen LogP contribution in [0.1, 0.15) is 19.8 Å². The average Bonchev–Trinajstić information content (AvgIpc) is 2.74. The van der Waals surface area contributed by atoms with E-state index in [0.717, 1.165) is 6.54 Å². The molecule has 0 aliphatic carbocycles. The summed E-state index contributed by atoms with van der Waals surface area (Å²) in [7, 11) is 0. The predicted octanol–water partition coefficient (Wildman–Crippen LogP) is 2.03. The van der Waals surface area contributed by atoms with Crippen LogP contribution in [0.5, 0.6) is 0 Å². The minimum absolute atomic E-state index is 0.340. The van der Waals surface area contributed by atoms with Gasteiger partial charge in [0.25, 0.3) is 0 Å². The van der Waals surface area contributed by atoms with E-state index in [9.17, 15) is 0 Å². The van der Waals surface area contributed by atoms with Gasteiger partial charge in [0.15, 0.2) is 11.0 Å². The van der Waals surface area contributed by atoms with Crippen molar-refractivity contribution in [3.8, 4) is 0 Å². The zero-order valence-electron chi connectivity index (χ0n) is 9.49. The van der Waals surface area contributed by atoms with Gasteiger partial charge in [0.1, 0.15) is 0 Å². The van der Waals surface area contributed by atoms with Crippen LogP contribution >= 0.6 is 11.6 Å². The highest BCUT2D eigenvalue weighted by molar-refractivity contribution is 6.31. The molecule has 2 heterocycles. The molecule has 0 amide bonds. The van der Waals surface area contributed by atoms with Gasteiger partial charge in [-0.3, -0.25) is 0 Å². The van der Waals surface area contributed by atoms with Crippen LogP contribution in [-0.2, 0) is 0 Å². The molecule has 1 atom stereocenters. The van der Waals surface area contributed by atoms with Crippen molar-refractivity contribution in [1.82, 2.24) is 14.9 Å². The van der Waals surface area contributed by atoms with Crippen LogP contribution in [0.25, 0.3) is 0 Å². The predicted molar refractivity (Wildman–Crippen MR) is 65.8 cm³/mol. The van der Waals surface area contributed by atoms with Crippen LogP contribution in [0.3, 0.4) is 0 Å². The Morgan fingerprint density at radius 2 is 2.06 bits per heavy atom. The summed E-state index contributed by atoms with van der Waals surface area (Å²) in [6.07, 6.45) is 5.88. The van der Waals surface area contributed by atoms with Gasteiger partial charge >= 0.3 is 0 Å². The van der Waals surface area contributed by atoms with Crippen LogP contribution < -0.4 is 5.32 Å². The van der Waals surface area contributed by atoms with Crippen molar-refractivity contribution >= 4 is 17.4 Å². The lowest BCUT2D eigenvalue weighted by Gasteiger charge is -2.21. The standard InChI is InChI=1S/C11H17ClN4/c1-9(8-16-6-2-3-7-16)15-11-10(12)13-4-5-14-11/h4-5,9H,2-3,6-8H2,1H3,(H,14,15). The van der Waals surface area contributed by atoms with Crippen LogP contribution in [0.15, 0.2) is 12.4 Å². The van der Waals surface area contributed by atoms with Gasteiger partial charge in [-0.15, -0.1) is 0 Å². The highest BCUT2D eigenvalue weighted by Gasteiger charge is 2.15. The van der Waals surface area contributed by atoms with E-state index < -0.39 is 0 Å². The molecule has 88 valence electrons. The minimum Gasteiger partial charge on any atom is -0.364 e. The van der Waals surface area contributed by atoms with Crippen molar-refractivity contribution in [2.24, 2.45) is 0 Å². The summed E-state index contributed by atoms with van der Waals surface area (Å²) in [6.45, 7) is 5.59. The summed E-state index contributed by atoms with van der Waals surface area (Å²) in [5.74, 6) is 0.677. The summed E-state index contributed by atoms with van der Waals surface area (Å²) in [4.78, 5) is 10.6. The maximum Gasteiger partial charge on any atom is 0.171 e.